The van der Waals surface area contributed by atoms with E-state index in [-0.39, 0.29) is 75.4 Å². The van der Waals surface area contributed by atoms with Crippen LogP contribution in [-0.4, -0.2) is 67.9 Å². The summed E-state index contributed by atoms with van der Waals surface area (Å²) in [6.45, 7) is 5.64. The standard InChI is InChI=1S/C25H29N3O6S.Na.H/c1-14(2)10-11-25(3)17-7-5-4-6-16(17)22(30)21(23(25)31)24-27-18-9-8-15(34-13-20(26)29)12-19(18)35(32,33)28-24;;/h4-9,12,14,30,32-33H,10-11,13H2,1-3H3,(H2,26,29)(H,27,28);;. The van der Waals surface area contributed by atoms with E-state index in [2.05, 4.69) is 23.6 Å². The molecule has 188 valence electrons. The zero-order chi connectivity index (χ0) is 25.5. The Labute approximate surface area is 233 Å². The molecule has 2 aliphatic rings. The number of amidine groups is 1. The van der Waals surface area contributed by atoms with Gasteiger partial charge in [0.1, 0.15) is 22.0 Å². The van der Waals surface area contributed by atoms with Gasteiger partial charge in [0.15, 0.2) is 18.2 Å². The molecule has 1 amide bonds. The van der Waals surface area contributed by atoms with Gasteiger partial charge in [0.2, 0.25) is 0 Å². The Morgan fingerprint density at radius 2 is 1.92 bits per heavy atom. The van der Waals surface area contributed by atoms with Gasteiger partial charge in [0, 0.05) is 11.6 Å². The van der Waals surface area contributed by atoms with E-state index in [1.54, 1.807) is 12.1 Å². The predicted molar refractivity (Wildman–Crippen MR) is 143 cm³/mol. The molecule has 1 heterocycles. The first-order chi connectivity index (χ1) is 16.4. The van der Waals surface area contributed by atoms with Crippen molar-refractivity contribution >= 4 is 69.3 Å². The van der Waals surface area contributed by atoms with Gasteiger partial charge in [-0.15, -0.1) is 4.40 Å². The quantitative estimate of drug-likeness (QED) is 0.344. The third-order valence-corrected chi connectivity index (χ3v) is 7.67. The van der Waals surface area contributed by atoms with E-state index < -0.39 is 22.1 Å². The normalized spacial score (nSPS) is 20.9. The van der Waals surface area contributed by atoms with Crippen molar-refractivity contribution in [3.05, 3.63) is 59.2 Å². The second-order valence-corrected chi connectivity index (χ2v) is 11.0. The Kier molecular flexibility index (Phi) is 8.29. The number of nitrogens with two attached hydrogens (primary N) is 1. The van der Waals surface area contributed by atoms with Gasteiger partial charge in [-0.25, -0.2) is 0 Å². The molecular formula is C25H30N3NaO6S. The SMILES string of the molecule is CC(C)CCC1(C)C(=O)C(C2=NS(O)(O)c3cc(OCC(N)=O)ccc3N2)=C(O)c2ccccc21.[NaH]. The Morgan fingerprint density at radius 1 is 1.22 bits per heavy atom. The third-order valence-electron chi connectivity index (χ3n) is 6.30. The monoisotopic (exact) mass is 523 g/mol. The Balaban J connectivity index is 0.00000361. The Hall–Kier alpha value is -2.34. The van der Waals surface area contributed by atoms with E-state index in [0.29, 0.717) is 17.9 Å². The molecule has 0 bridgehead atoms. The van der Waals surface area contributed by atoms with E-state index in [4.69, 9.17) is 10.5 Å². The molecule has 0 saturated heterocycles. The molecule has 1 aliphatic carbocycles. The summed E-state index contributed by atoms with van der Waals surface area (Å²) < 4.78 is 31.0. The summed E-state index contributed by atoms with van der Waals surface area (Å²) in [5.74, 6) is -0.832. The Morgan fingerprint density at radius 3 is 2.58 bits per heavy atom. The zero-order valence-electron chi connectivity index (χ0n) is 19.7. The minimum absolute atomic E-state index is 0. The first-order valence-corrected chi connectivity index (χ1v) is 12.7. The fraction of sp³-hybridized carbons (Fsp3) is 0.320. The molecule has 2 aromatic rings. The molecule has 0 spiro atoms. The van der Waals surface area contributed by atoms with Gasteiger partial charge in [0.05, 0.1) is 11.1 Å². The van der Waals surface area contributed by atoms with Gasteiger partial charge >= 0.3 is 29.6 Å². The summed E-state index contributed by atoms with van der Waals surface area (Å²) in [5.41, 5.74) is 5.61. The van der Waals surface area contributed by atoms with Crippen LogP contribution in [-0.2, 0) is 15.0 Å². The third kappa shape index (κ3) is 5.20. The molecule has 0 saturated carbocycles. The van der Waals surface area contributed by atoms with Crippen LogP contribution in [0.25, 0.3) is 5.76 Å². The van der Waals surface area contributed by atoms with E-state index in [0.717, 1.165) is 12.0 Å². The number of ether oxygens (including phenoxy) is 1. The van der Waals surface area contributed by atoms with E-state index in [9.17, 15) is 23.8 Å². The molecule has 2 aromatic carbocycles. The number of hydrogen-bond acceptors (Lipinski definition) is 8. The van der Waals surface area contributed by atoms with Gasteiger partial charge in [-0.1, -0.05) is 48.9 Å². The van der Waals surface area contributed by atoms with Crippen LogP contribution in [0.5, 0.6) is 5.75 Å². The van der Waals surface area contributed by atoms with Crippen molar-refractivity contribution in [3.63, 3.8) is 0 Å². The number of ketones is 1. The number of aliphatic hydroxyl groups excluding tert-OH is 1. The number of nitrogens with one attached hydrogen (secondary N) is 1. The molecule has 4 rings (SSSR count). The molecule has 1 atom stereocenters. The van der Waals surface area contributed by atoms with Crippen molar-refractivity contribution in [2.24, 2.45) is 16.0 Å². The molecule has 6 N–H and O–H groups in total. The van der Waals surface area contributed by atoms with E-state index >= 15 is 0 Å². The number of benzene rings is 2. The summed E-state index contributed by atoms with van der Waals surface area (Å²) >= 11 is 0. The van der Waals surface area contributed by atoms with E-state index in [1.165, 1.54) is 18.2 Å². The van der Waals surface area contributed by atoms with Crippen LogP contribution < -0.4 is 15.8 Å². The summed E-state index contributed by atoms with van der Waals surface area (Å²) in [7, 11) is -3.76. The van der Waals surface area contributed by atoms with Gasteiger partial charge in [0.25, 0.3) is 5.91 Å². The number of anilines is 1. The van der Waals surface area contributed by atoms with Crippen molar-refractivity contribution in [1.82, 2.24) is 0 Å². The van der Waals surface area contributed by atoms with Crippen LogP contribution in [0.1, 0.15) is 44.7 Å². The summed E-state index contributed by atoms with van der Waals surface area (Å²) in [6, 6.07) is 11.6. The van der Waals surface area contributed by atoms with E-state index in [1.807, 2.05) is 19.1 Å². The van der Waals surface area contributed by atoms with Crippen LogP contribution in [0.3, 0.4) is 0 Å². The molecule has 0 aromatic heterocycles. The van der Waals surface area contributed by atoms with Gasteiger partial charge in [-0.2, -0.15) is 0 Å². The average molecular weight is 524 g/mol. The predicted octanol–water partition coefficient (Wildman–Crippen LogP) is 4.00. The maximum absolute atomic E-state index is 13.9. The first kappa shape index (κ1) is 28.2. The summed E-state index contributed by atoms with van der Waals surface area (Å²) in [6.07, 6.45) is 1.34. The summed E-state index contributed by atoms with van der Waals surface area (Å²) in [5, 5.41) is 14.1. The molecule has 0 radical (unpaired) electrons. The number of aliphatic hydroxyl groups is 1. The molecule has 11 heteroatoms. The van der Waals surface area contributed by atoms with Crippen LogP contribution in [0.15, 0.2) is 57.3 Å². The zero-order valence-corrected chi connectivity index (χ0v) is 20.6. The number of carbonyl (C=O) groups is 2. The molecular weight excluding hydrogens is 493 g/mol. The second-order valence-electron chi connectivity index (χ2n) is 9.36. The van der Waals surface area contributed by atoms with Crippen LogP contribution in [0, 0.1) is 5.92 Å². The van der Waals surface area contributed by atoms with Crippen molar-refractivity contribution in [1.29, 1.82) is 0 Å². The van der Waals surface area contributed by atoms with Crippen LogP contribution in [0.4, 0.5) is 5.69 Å². The number of carbonyl (C=O) groups excluding carboxylic acids is 2. The number of nitrogens with zero attached hydrogens (tertiary/aromatic N) is 1. The van der Waals surface area contributed by atoms with Gasteiger partial charge in [-0.3, -0.25) is 18.7 Å². The number of rotatable bonds is 7. The summed E-state index contributed by atoms with van der Waals surface area (Å²) in [4.78, 5) is 24.9. The number of fused-ring (bicyclic) bond motifs is 2. The fourth-order valence-corrected chi connectivity index (χ4v) is 5.55. The molecule has 1 unspecified atom stereocenters. The molecule has 1 aliphatic heterocycles. The number of Topliss-reactive ketones (excluding diaryl/α,β-unsaturated/α-hetero) is 1. The van der Waals surface area contributed by atoms with Gasteiger partial charge < -0.3 is 20.9 Å². The average Bonchev–Trinajstić information content (AvgIpc) is 2.80. The number of primary amides is 1. The van der Waals surface area contributed by atoms with Crippen LogP contribution >= 0.6 is 10.8 Å². The van der Waals surface area contributed by atoms with Crippen molar-refractivity contribution in [3.8, 4) is 5.75 Å². The van der Waals surface area contributed by atoms with Crippen molar-refractivity contribution in [2.45, 2.75) is 43.9 Å². The molecule has 9 nitrogen and oxygen atoms in total. The first-order valence-electron chi connectivity index (χ1n) is 11.2. The minimum atomic E-state index is -3.76. The number of amides is 1. The molecule has 0 fully saturated rings. The van der Waals surface area contributed by atoms with Gasteiger partial charge in [-0.05, 0) is 43.4 Å². The molecule has 36 heavy (non-hydrogen) atoms. The topological polar surface area (TPSA) is 154 Å². The fourth-order valence-electron chi connectivity index (χ4n) is 4.37. The van der Waals surface area contributed by atoms with Crippen LogP contribution in [0.2, 0.25) is 0 Å². The Bertz CT molecular complexity index is 1280. The number of hydrogen-bond donors (Lipinski definition) is 5. The second kappa shape index (κ2) is 10.6. The maximum atomic E-state index is 13.9. The van der Waals surface area contributed by atoms with Crippen molar-refractivity contribution in [2.75, 3.05) is 11.9 Å². The van der Waals surface area contributed by atoms with Crippen molar-refractivity contribution < 1.29 is 28.5 Å².